The average molecular weight is 450 g/mol. The lowest BCUT2D eigenvalue weighted by Gasteiger charge is -2.15. The van der Waals surface area contributed by atoms with Crippen LogP contribution in [0.4, 0.5) is 5.69 Å². The van der Waals surface area contributed by atoms with Crippen LogP contribution in [0.5, 0.6) is 5.75 Å². The average Bonchev–Trinajstić information content (AvgIpc) is 2.83. The van der Waals surface area contributed by atoms with E-state index < -0.39 is 10.5 Å². The Labute approximate surface area is 193 Å². The van der Waals surface area contributed by atoms with Crippen LogP contribution in [0.25, 0.3) is 0 Å². The number of aryl methyl sites for hydroxylation is 1. The van der Waals surface area contributed by atoms with Gasteiger partial charge in [0.25, 0.3) is 5.69 Å². The number of aromatic hydroxyl groups is 1. The Balaban J connectivity index is 0. The van der Waals surface area contributed by atoms with Crippen molar-refractivity contribution in [2.75, 3.05) is 0 Å². The summed E-state index contributed by atoms with van der Waals surface area (Å²) in [6.07, 6.45) is 5.55. The van der Waals surface area contributed by atoms with E-state index >= 15 is 0 Å². The predicted octanol–water partition coefficient (Wildman–Crippen LogP) is 7.61. The molecule has 0 fully saturated rings. The van der Waals surface area contributed by atoms with Crippen LogP contribution in [0.3, 0.4) is 0 Å². The molecule has 0 bridgehead atoms. The summed E-state index contributed by atoms with van der Waals surface area (Å²) in [4.78, 5) is 22.7. The minimum Gasteiger partial charge on any atom is -0.507 e. The smallest absolute Gasteiger partial charge is 0.343 e. The highest BCUT2D eigenvalue weighted by molar-refractivity contribution is 5.44. The highest BCUT2D eigenvalue weighted by Gasteiger charge is 2.20. The number of nitro groups is 1. The summed E-state index contributed by atoms with van der Waals surface area (Å²) in [5.41, 5.74) is 0.892. The summed E-state index contributed by atoms with van der Waals surface area (Å²) in [5.74, 6) is 0.578. The Morgan fingerprint density at radius 2 is 1.50 bits per heavy atom. The number of hydrogen-bond acceptors (Lipinski definition) is 5. The number of rotatable bonds is 3. The van der Waals surface area contributed by atoms with E-state index in [0.717, 1.165) is 31.2 Å². The monoisotopic (exact) mass is 449 g/mol. The molecule has 0 unspecified atom stereocenters. The van der Waals surface area contributed by atoms with Crippen LogP contribution in [-0.4, -0.2) is 10.0 Å². The number of non-ortho nitro benzene ring substituents is 1. The third kappa shape index (κ3) is 9.67. The third-order valence-electron chi connectivity index (χ3n) is 4.45. The lowest BCUT2D eigenvalue weighted by Crippen LogP contribution is -2.14. The van der Waals surface area contributed by atoms with Crippen LogP contribution in [0.1, 0.15) is 104 Å². The SMILES string of the molecule is CC.CC.CC.CC.O=c1oc2c(c(O)c1Cc1cccc([N+](=O)[O-])c1)CCCCCC2. The Bertz CT molecular complexity index is 827. The van der Waals surface area contributed by atoms with E-state index in [1.165, 1.54) is 12.1 Å². The summed E-state index contributed by atoms with van der Waals surface area (Å²) in [5, 5.41) is 21.5. The van der Waals surface area contributed by atoms with Crippen LogP contribution >= 0.6 is 0 Å². The van der Waals surface area contributed by atoms with Crippen LogP contribution < -0.4 is 5.63 Å². The molecule has 1 aromatic carbocycles. The maximum atomic E-state index is 12.3. The molecule has 0 atom stereocenters. The van der Waals surface area contributed by atoms with E-state index in [-0.39, 0.29) is 23.4 Å². The van der Waals surface area contributed by atoms with Crippen molar-refractivity contribution >= 4 is 5.69 Å². The van der Waals surface area contributed by atoms with Crippen molar-refractivity contribution in [3.05, 3.63) is 67.3 Å². The molecule has 1 aliphatic rings. The molecule has 0 radical (unpaired) electrons. The number of benzene rings is 1. The number of hydrogen-bond donors (Lipinski definition) is 1. The zero-order valence-corrected chi connectivity index (χ0v) is 21.3. The van der Waals surface area contributed by atoms with Crippen molar-refractivity contribution in [2.24, 2.45) is 0 Å². The van der Waals surface area contributed by atoms with Crippen molar-refractivity contribution in [3.63, 3.8) is 0 Å². The van der Waals surface area contributed by atoms with Gasteiger partial charge in [0, 0.05) is 30.5 Å². The van der Waals surface area contributed by atoms with Gasteiger partial charge in [-0.1, -0.05) is 80.4 Å². The van der Waals surface area contributed by atoms with Crippen LogP contribution in [-0.2, 0) is 19.3 Å². The first-order chi connectivity index (χ1) is 15.6. The van der Waals surface area contributed by atoms with Crippen molar-refractivity contribution in [2.45, 2.75) is 100 Å². The molecule has 0 saturated heterocycles. The van der Waals surface area contributed by atoms with Crippen molar-refractivity contribution in [1.82, 2.24) is 0 Å². The Kier molecular flexibility index (Phi) is 18.8. The van der Waals surface area contributed by atoms with E-state index in [4.69, 9.17) is 4.42 Å². The minimum absolute atomic E-state index is 0.00495. The third-order valence-corrected chi connectivity index (χ3v) is 4.45. The van der Waals surface area contributed by atoms with Gasteiger partial charge in [-0.2, -0.15) is 0 Å². The van der Waals surface area contributed by atoms with Gasteiger partial charge in [-0.25, -0.2) is 4.79 Å². The normalized spacial score (nSPS) is 11.6. The summed E-state index contributed by atoms with van der Waals surface area (Å²) < 4.78 is 5.45. The van der Waals surface area contributed by atoms with Crippen molar-refractivity contribution in [3.8, 4) is 5.75 Å². The second-order valence-electron chi connectivity index (χ2n) is 6.14. The Morgan fingerprint density at radius 3 is 2.06 bits per heavy atom. The van der Waals surface area contributed by atoms with Gasteiger partial charge < -0.3 is 9.52 Å². The quantitative estimate of drug-likeness (QED) is 0.384. The van der Waals surface area contributed by atoms with E-state index in [0.29, 0.717) is 24.2 Å². The molecule has 0 saturated carbocycles. The molecule has 2 aromatic rings. The minimum atomic E-state index is -0.557. The van der Waals surface area contributed by atoms with Crippen LogP contribution in [0.15, 0.2) is 33.5 Å². The molecule has 1 N–H and O–H groups in total. The number of nitro benzene ring substituents is 1. The van der Waals surface area contributed by atoms with Crippen molar-refractivity contribution < 1.29 is 14.4 Å². The van der Waals surface area contributed by atoms with Gasteiger partial charge in [0.2, 0.25) is 0 Å². The number of fused-ring (bicyclic) bond motifs is 1. The fraction of sp³-hybridized carbons (Fsp3) is 0.577. The molecule has 3 rings (SSSR count). The van der Waals surface area contributed by atoms with Gasteiger partial charge >= 0.3 is 5.63 Å². The molecular weight excluding hydrogens is 406 g/mol. The predicted molar refractivity (Wildman–Crippen MR) is 134 cm³/mol. The highest BCUT2D eigenvalue weighted by atomic mass is 16.6. The molecule has 0 spiro atoms. The van der Waals surface area contributed by atoms with Gasteiger partial charge in [0.15, 0.2) is 0 Å². The second-order valence-corrected chi connectivity index (χ2v) is 6.14. The molecule has 6 heteroatoms. The molecular formula is C26H43NO5. The van der Waals surface area contributed by atoms with E-state index in [9.17, 15) is 20.0 Å². The summed E-state index contributed by atoms with van der Waals surface area (Å²) in [6, 6.07) is 6.07. The van der Waals surface area contributed by atoms with E-state index in [1.54, 1.807) is 12.1 Å². The fourth-order valence-electron chi connectivity index (χ4n) is 3.19. The molecule has 1 aromatic heterocycles. The molecule has 32 heavy (non-hydrogen) atoms. The van der Waals surface area contributed by atoms with Gasteiger partial charge in [-0.15, -0.1) is 0 Å². The van der Waals surface area contributed by atoms with Crippen molar-refractivity contribution in [1.29, 1.82) is 0 Å². The standard InChI is InChI=1S/C18H19NO5.4C2H6/c20-17-14-8-3-1-2-4-9-16(14)24-18(21)15(17)11-12-6-5-7-13(10-12)19(22)23;4*1-2/h5-7,10,20H,1-4,8-9,11H2;4*1-2H3. The lowest BCUT2D eigenvalue weighted by atomic mass is 9.95. The van der Waals surface area contributed by atoms with Gasteiger partial charge in [0.1, 0.15) is 11.5 Å². The molecule has 1 aliphatic carbocycles. The summed E-state index contributed by atoms with van der Waals surface area (Å²) in [6.45, 7) is 16.0. The fourth-order valence-corrected chi connectivity index (χ4v) is 3.19. The van der Waals surface area contributed by atoms with Crippen LogP contribution in [0.2, 0.25) is 0 Å². The maximum absolute atomic E-state index is 12.3. The first-order valence-corrected chi connectivity index (χ1v) is 12.2. The Hall–Kier alpha value is -2.63. The van der Waals surface area contributed by atoms with Crippen LogP contribution in [0, 0.1) is 10.1 Å². The first-order valence-electron chi connectivity index (χ1n) is 12.2. The van der Waals surface area contributed by atoms with E-state index in [1.807, 2.05) is 55.4 Å². The summed E-state index contributed by atoms with van der Waals surface area (Å²) >= 11 is 0. The van der Waals surface area contributed by atoms with Gasteiger partial charge in [-0.05, 0) is 24.8 Å². The topological polar surface area (TPSA) is 93.6 Å². The second kappa shape index (κ2) is 19.1. The maximum Gasteiger partial charge on any atom is 0.343 e. The van der Waals surface area contributed by atoms with Gasteiger partial charge in [-0.3, -0.25) is 10.1 Å². The zero-order chi connectivity index (χ0) is 25.1. The van der Waals surface area contributed by atoms with Gasteiger partial charge in [0.05, 0.1) is 10.5 Å². The molecule has 0 amide bonds. The number of nitrogens with zero attached hydrogens (tertiary/aromatic N) is 1. The molecule has 6 nitrogen and oxygen atoms in total. The Morgan fingerprint density at radius 1 is 0.938 bits per heavy atom. The molecule has 0 aliphatic heterocycles. The highest BCUT2D eigenvalue weighted by Crippen LogP contribution is 2.30. The first kappa shape index (κ1) is 31.6. The lowest BCUT2D eigenvalue weighted by molar-refractivity contribution is -0.384. The molecule has 182 valence electrons. The zero-order valence-electron chi connectivity index (χ0n) is 21.3. The van der Waals surface area contributed by atoms with E-state index in [2.05, 4.69) is 0 Å². The largest absolute Gasteiger partial charge is 0.507 e. The molecule has 1 heterocycles. The summed E-state index contributed by atoms with van der Waals surface area (Å²) in [7, 11) is 0.